The van der Waals surface area contributed by atoms with E-state index in [4.69, 9.17) is 16.3 Å². The molecule has 10 heteroatoms. The van der Waals surface area contributed by atoms with Crippen LogP contribution < -0.4 is 0 Å². The van der Waals surface area contributed by atoms with Crippen LogP contribution in [0.15, 0.2) is 63.8 Å². The minimum atomic E-state index is -0.810. The van der Waals surface area contributed by atoms with Crippen molar-refractivity contribution >= 4 is 40.7 Å². The second kappa shape index (κ2) is 8.95. The van der Waals surface area contributed by atoms with E-state index < -0.39 is 22.4 Å². The minimum absolute atomic E-state index is 0.00216. The maximum atomic E-state index is 12.8. The highest BCUT2D eigenvalue weighted by Crippen LogP contribution is 2.28. The van der Waals surface area contributed by atoms with Crippen molar-refractivity contribution in [2.45, 2.75) is 33.3 Å². The molecule has 33 heavy (non-hydrogen) atoms. The van der Waals surface area contributed by atoms with Crippen LogP contribution in [0.5, 0.6) is 0 Å². The van der Waals surface area contributed by atoms with Crippen molar-refractivity contribution in [2.75, 3.05) is 0 Å². The molecule has 1 amide bonds. The Morgan fingerprint density at radius 2 is 1.79 bits per heavy atom. The minimum Gasteiger partial charge on any atom is -0.512 e. The van der Waals surface area contributed by atoms with Gasteiger partial charge in [0.1, 0.15) is 16.9 Å². The molecule has 0 bridgehead atoms. The Labute approximate surface area is 194 Å². The molecule has 3 rings (SSSR count). The smallest absolute Gasteiger partial charge is 0.344 e. The molecule has 0 unspecified atom stereocenters. The Morgan fingerprint density at radius 3 is 2.33 bits per heavy atom. The van der Waals surface area contributed by atoms with Crippen LogP contribution in [-0.4, -0.2) is 39.1 Å². The summed E-state index contributed by atoms with van der Waals surface area (Å²) >= 11 is 6.05. The standard InChI is InChI=1S/C23H20ClN3O6/c1-12(28)18(22(30)33-23(2,3)4)19-14-7-5-6-8-15(14)20(25-19)26-21(29)16-10-9-13(27(31)32)11-17(16)24/h5-11,28H,1-4H3/b18-12-,26-20?. The van der Waals surface area contributed by atoms with Crippen LogP contribution in [0.2, 0.25) is 5.02 Å². The van der Waals surface area contributed by atoms with Crippen molar-refractivity contribution in [1.29, 1.82) is 0 Å². The summed E-state index contributed by atoms with van der Waals surface area (Å²) in [5.74, 6) is -1.85. The lowest BCUT2D eigenvalue weighted by Crippen LogP contribution is -2.28. The number of nitrogens with zero attached hydrogens (tertiary/aromatic N) is 3. The van der Waals surface area contributed by atoms with Gasteiger partial charge in [-0.3, -0.25) is 14.9 Å². The fourth-order valence-corrected chi connectivity index (χ4v) is 3.33. The van der Waals surface area contributed by atoms with Crippen LogP contribution in [0.25, 0.3) is 0 Å². The van der Waals surface area contributed by atoms with Gasteiger partial charge in [0.05, 0.1) is 21.2 Å². The lowest BCUT2D eigenvalue weighted by Gasteiger charge is -2.21. The molecule has 0 saturated heterocycles. The van der Waals surface area contributed by atoms with Gasteiger partial charge in [0.25, 0.3) is 11.6 Å². The van der Waals surface area contributed by atoms with E-state index >= 15 is 0 Å². The van der Waals surface area contributed by atoms with E-state index in [0.717, 1.165) is 12.1 Å². The molecule has 0 spiro atoms. The van der Waals surface area contributed by atoms with Gasteiger partial charge in [-0.25, -0.2) is 9.79 Å². The van der Waals surface area contributed by atoms with Crippen molar-refractivity contribution < 1.29 is 24.4 Å². The van der Waals surface area contributed by atoms with Crippen molar-refractivity contribution in [1.82, 2.24) is 0 Å². The zero-order chi connectivity index (χ0) is 24.5. The van der Waals surface area contributed by atoms with Crippen LogP contribution in [0.3, 0.4) is 0 Å². The highest BCUT2D eigenvalue weighted by molar-refractivity contribution is 6.37. The highest BCUT2D eigenvalue weighted by atomic mass is 35.5. The predicted molar refractivity (Wildman–Crippen MR) is 123 cm³/mol. The molecular formula is C23H20ClN3O6. The Hall–Kier alpha value is -3.85. The maximum absolute atomic E-state index is 12.8. The first-order valence-corrected chi connectivity index (χ1v) is 10.2. The first kappa shape index (κ1) is 23.8. The van der Waals surface area contributed by atoms with Gasteiger partial charge in [0.2, 0.25) is 0 Å². The van der Waals surface area contributed by atoms with Gasteiger partial charge in [0, 0.05) is 23.3 Å². The lowest BCUT2D eigenvalue weighted by atomic mass is 9.99. The lowest BCUT2D eigenvalue weighted by molar-refractivity contribution is -0.384. The van der Waals surface area contributed by atoms with Crippen LogP contribution in [0.1, 0.15) is 49.2 Å². The van der Waals surface area contributed by atoms with Gasteiger partial charge in [-0.15, -0.1) is 0 Å². The number of aliphatic hydroxyl groups is 1. The highest BCUT2D eigenvalue weighted by Gasteiger charge is 2.32. The summed E-state index contributed by atoms with van der Waals surface area (Å²) in [6, 6.07) is 10.2. The monoisotopic (exact) mass is 469 g/mol. The molecular weight excluding hydrogens is 450 g/mol. The number of nitro groups is 1. The first-order chi connectivity index (χ1) is 15.4. The number of halogens is 1. The van der Waals surface area contributed by atoms with Crippen molar-refractivity contribution in [3.05, 3.63) is 85.6 Å². The number of benzene rings is 2. The predicted octanol–water partition coefficient (Wildman–Crippen LogP) is 4.81. The maximum Gasteiger partial charge on any atom is 0.344 e. The normalized spacial score (nSPS) is 14.9. The van der Waals surface area contributed by atoms with Crippen molar-refractivity contribution in [3.63, 3.8) is 0 Å². The number of ether oxygens (including phenoxy) is 1. The number of esters is 1. The van der Waals surface area contributed by atoms with Gasteiger partial charge in [0.15, 0.2) is 5.84 Å². The topological polar surface area (TPSA) is 131 Å². The van der Waals surface area contributed by atoms with E-state index in [1.807, 2.05) is 0 Å². The Morgan fingerprint density at radius 1 is 1.15 bits per heavy atom. The fourth-order valence-electron chi connectivity index (χ4n) is 3.08. The molecule has 2 aromatic rings. The van der Waals surface area contributed by atoms with Crippen LogP contribution in [0, 0.1) is 10.1 Å². The number of rotatable bonds is 4. The number of hydrogen-bond donors (Lipinski definition) is 1. The number of aliphatic hydroxyl groups excluding tert-OH is 1. The van der Waals surface area contributed by atoms with Gasteiger partial charge < -0.3 is 9.84 Å². The Balaban J connectivity index is 2.08. The number of allylic oxidation sites excluding steroid dienone is 1. The number of non-ortho nitro benzene ring substituents is 1. The molecule has 0 radical (unpaired) electrons. The fraction of sp³-hybridized carbons (Fsp3) is 0.217. The molecule has 9 nitrogen and oxygen atoms in total. The third-order valence-corrected chi connectivity index (χ3v) is 4.76. The zero-order valence-corrected chi connectivity index (χ0v) is 19.0. The van der Waals surface area contributed by atoms with Gasteiger partial charge in [-0.2, -0.15) is 4.99 Å². The van der Waals surface area contributed by atoms with E-state index in [0.29, 0.717) is 11.1 Å². The number of hydrogen-bond acceptors (Lipinski definition) is 6. The summed E-state index contributed by atoms with van der Waals surface area (Å²) in [4.78, 5) is 44.2. The Bertz CT molecular complexity index is 1270. The average molecular weight is 470 g/mol. The molecule has 0 fully saturated rings. The van der Waals surface area contributed by atoms with Gasteiger partial charge in [-0.05, 0) is 33.8 Å². The third kappa shape index (κ3) is 5.15. The molecule has 1 aliphatic heterocycles. The number of amidine groups is 1. The van der Waals surface area contributed by atoms with E-state index in [1.54, 1.807) is 45.0 Å². The molecule has 170 valence electrons. The average Bonchev–Trinajstić information content (AvgIpc) is 3.04. The summed E-state index contributed by atoms with van der Waals surface area (Å²) in [6.07, 6.45) is 0. The van der Waals surface area contributed by atoms with Crippen LogP contribution in [-0.2, 0) is 9.53 Å². The number of aliphatic imine (C=N–C) groups is 2. The third-order valence-electron chi connectivity index (χ3n) is 4.44. The van der Waals surface area contributed by atoms with E-state index in [9.17, 15) is 24.8 Å². The van der Waals surface area contributed by atoms with Crippen molar-refractivity contribution in [2.24, 2.45) is 9.98 Å². The molecule has 0 saturated carbocycles. The van der Waals surface area contributed by atoms with Gasteiger partial charge >= 0.3 is 5.97 Å². The molecule has 0 aromatic heterocycles. The van der Waals surface area contributed by atoms with Gasteiger partial charge in [-0.1, -0.05) is 35.9 Å². The molecule has 1 aliphatic rings. The summed E-state index contributed by atoms with van der Waals surface area (Å²) in [7, 11) is 0. The number of carbonyl (C=O) groups is 2. The summed E-state index contributed by atoms with van der Waals surface area (Å²) < 4.78 is 5.40. The number of amides is 1. The first-order valence-electron chi connectivity index (χ1n) is 9.78. The largest absolute Gasteiger partial charge is 0.512 e. The summed E-state index contributed by atoms with van der Waals surface area (Å²) in [5, 5.41) is 21.0. The SMILES string of the molecule is C/C(O)=C(/C(=O)OC(C)(C)C)C1=NC(=NC(=O)c2ccc([N+](=O)[O-])cc2Cl)c2ccccc21. The van der Waals surface area contributed by atoms with Crippen molar-refractivity contribution in [3.8, 4) is 0 Å². The van der Waals surface area contributed by atoms with E-state index in [2.05, 4.69) is 9.98 Å². The molecule has 0 atom stereocenters. The number of nitro benzene ring substituents is 1. The zero-order valence-electron chi connectivity index (χ0n) is 18.2. The quantitative estimate of drug-likeness (QED) is 0.224. The molecule has 0 aliphatic carbocycles. The Kier molecular flexibility index (Phi) is 6.46. The summed E-state index contributed by atoms with van der Waals surface area (Å²) in [6.45, 7) is 6.42. The molecule has 1 heterocycles. The van der Waals surface area contributed by atoms with E-state index in [1.165, 1.54) is 13.0 Å². The molecule has 2 aromatic carbocycles. The molecule has 1 N–H and O–H groups in total. The van der Waals surface area contributed by atoms with Crippen LogP contribution >= 0.6 is 11.6 Å². The number of fused-ring (bicyclic) bond motifs is 1. The summed E-state index contributed by atoms with van der Waals surface area (Å²) in [5.41, 5.74) is -0.215. The second-order valence-corrected chi connectivity index (χ2v) is 8.54. The van der Waals surface area contributed by atoms with E-state index in [-0.39, 0.29) is 39.2 Å². The second-order valence-electron chi connectivity index (χ2n) is 8.13. The van der Waals surface area contributed by atoms with Crippen LogP contribution in [0.4, 0.5) is 5.69 Å². The number of carbonyl (C=O) groups excluding carboxylic acids is 2.